The molecule has 0 spiro atoms. The van der Waals surface area contributed by atoms with Crippen molar-refractivity contribution in [3.05, 3.63) is 81.8 Å². The third kappa shape index (κ3) is 4.62. The van der Waals surface area contributed by atoms with Gasteiger partial charge in [-0.15, -0.1) is 0 Å². The van der Waals surface area contributed by atoms with Crippen molar-refractivity contribution >= 4 is 11.7 Å². The first-order chi connectivity index (χ1) is 16.5. The monoisotopic (exact) mass is 488 g/mol. The summed E-state index contributed by atoms with van der Waals surface area (Å²) in [4.78, 5) is 53.6. The van der Waals surface area contributed by atoms with Gasteiger partial charge in [0.1, 0.15) is 22.9 Å². The number of amides is 1. The minimum atomic E-state index is -3.35. The molecule has 35 heavy (non-hydrogen) atoms. The zero-order valence-corrected chi connectivity index (χ0v) is 18.3. The number of alkyl halides is 2. The predicted octanol–water partition coefficient (Wildman–Crippen LogP) is 1.38. The van der Waals surface area contributed by atoms with Crippen LogP contribution in [0.15, 0.2) is 47.7 Å². The minimum absolute atomic E-state index is 0.0393. The highest BCUT2D eigenvalue weighted by atomic mass is 19.3. The standard InChI is InChI=1S/C22H19F3N6O4/c1-31(9-12-2-4-13(23)5-3-12)19(35)15-16(32)18(34)30-20(29-15)22(10-21(24,25)11-28-22)17(33)14-8-26-6-7-27-14/h2-8,28,32H,9-11H2,1H3,(H,29,30,34)/t22-/m1/s1. The van der Waals surface area contributed by atoms with E-state index < -0.39 is 64.8 Å². The van der Waals surface area contributed by atoms with Crippen molar-refractivity contribution in [1.29, 1.82) is 0 Å². The highest BCUT2D eigenvalue weighted by Crippen LogP contribution is 2.40. The van der Waals surface area contributed by atoms with Gasteiger partial charge in [0.25, 0.3) is 17.4 Å². The molecule has 0 saturated carbocycles. The van der Waals surface area contributed by atoms with Gasteiger partial charge in [0.15, 0.2) is 5.69 Å². The Labute approximate surface area is 195 Å². The molecular weight excluding hydrogens is 469 g/mol. The largest absolute Gasteiger partial charge is 0.501 e. The molecule has 1 atom stereocenters. The zero-order chi connectivity index (χ0) is 25.4. The molecule has 1 saturated heterocycles. The van der Waals surface area contributed by atoms with Gasteiger partial charge in [0, 0.05) is 32.4 Å². The number of carbonyl (C=O) groups is 2. The Morgan fingerprint density at radius 1 is 1.20 bits per heavy atom. The fourth-order valence-electron chi connectivity index (χ4n) is 3.80. The number of nitrogens with zero attached hydrogens (tertiary/aromatic N) is 4. The van der Waals surface area contributed by atoms with E-state index in [1.165, 1.54) is 43.7 Å². The average molecular weight is 488 g/mol. The second-order valence-electron chi connectivity index (χ2n) is 8.11. The number of hydrogen-bond donors (Lipinski definition) is 3. The number of ketones is 1. The summed E-state index contributed by atoms with van der Waals surface area (Å²) >= 11 is 0. The molecule has 0 radical (unpaired) electrons. The SMILES string of the molecule is CN(Cc1ccc(F)cc1)C(=O)c1nc([C@]2(C(=O)c3cnccn3)CC(F)(F)CN2)[nH]c(=O)c1O. The van der Waals surface area contributed by atoms with E-state index in [0.717, 1.165) is 11.1 Å². The molecule has 13 heteroatoms. The lowest BCUT2D eigenvalue weighted by molar-refractivity contribution is 0.0147. The Morgan fingerprint density at radius 2 is 1.91 bits per heavy atom. The number of nitrogens with one attached hydrogen (secondary N) is 2. The maximum absolute atomic E-state index is 14.3. The van der Waals surface area contributed by atoms with Crippen molar-refractivity contribution in [3.63, 3.8) is 0 Å². The fourth-order valence-corrected chi connectivity index (χ4v) is 3.80. The summed E-state index contributed by atoms with van der Waals surface area (Å²) in [5.74, 6) is -7.32. The van der Waals surface area contributed by atoms with E-state index in [9.17, 15) is 32.7 Å². The van der Waals surface area contributed by atoms with Crippen LogP contribution in [0.5, 0.6) is 5.75 Å². The fraction of sp³-hybridized carbons (Fsp3) is 0.273. The van der Waals surface area contributed by atoms with Crippen molar-refractivity contribution in [3.8, 4) is 5.75 Å². The first kappa shape index (κ1) is 24.0. The molecule has 3 aromatic rings. The molecule has 182 valence electrons. The van der Waals surface area contributed by atoms with Crippen LogP contribution in [0, 0.1) is 5.82 Å². The Balaban J connectivity index is 1.76. The van der Waals surface area contributed by atoms with E-state index in [1.807, 2.05) is 0 Å². The zero-order valence-electron chi connectivity index (χ0n) is 18.3. The molecule has 0 bridgehead atoms. The van der Waals surface area contributed by atoms with E-state index >= 15 is 0 Å². The molecule has 1 fully saturated rings. The highest BCUT2D eigenvalue weighted by Gasteiger charge is 2.57. The van der Waals surface area contributed by atoms with Crippen molar-refractivity contribution < 1.29 is 27.9 Å². The van der Waals surface area contributed by atoms with E-state index in [0.29, 0.717) is 5.56 Å². The van der Waals surface area contributed by atoms with Gasteiger partial charge in [-0.2, -0.15) is 0 Å². The topological polar surface area (TPSA) is 141 Å². The third-order valence-electron chi connectivity index (χ3n) is 5.54. The lowest BCUT2D eigenvalue weighted by Gasteiger charge is -2.27. The lowest BCUT2D eigenvalue weighted by atomic mass is 9.88. The number of aromatic hydroxyl groups is 1. The van der Waals surface area contributed by atoms with Crippen LogP contribution >= 0.6 is 0 Å². The summed E-state index contributed by atoms with van der Waals surface area (Å²) in [6.07, 6.45) is 2.47. The van der Waals surface area contributed by atoms with Gasteiger partial charge >= 0.3 is 0 Å². The maximum atomic E-state index is 14.3. The summed E-state index contributed by atoms with van der Waals surface area (Å²) in [5.41, 5.74) is -3.90. The number of H-pyrrole nitrogens is 1. The van der Waals surface area contributed by atoms with Gasteiger partial charge in [-0.1, -0.05) is 12.1 Å². The molecule has 3 heterocycles. The molecule has 1 aliphatic heterocycles. The minimum Gasteiger partial charge on any atom is -0.501 e. The molecular formula is C22H19F3N6O4. The van der Waals surface area contributed by atoms with Crippen molar-refractivity contribution in [2.45, 2.75) is 24.4 Å². The molecule has 0 unspecified atom stereocenters. The number of hydrogen-bond acceptors (Lipinski definition) is 8. The van der Waals surface area contributed by atoms with Gasteiger partial charge in [0.2, 0.25) is 11.5 Å². The second kappa shape index (κ2) is 8.91. The van der Waals surface area contributed by atoms with Gasteiger partial charge in [-0.3, -0.25) is 24.7 Å². The van der Waals surface area contributed by atoms with E-state index in [-0.39, 0.29) is 12.2 Å². The van der Waals surface area contributed by atoms with Crippen molar-refractivity contribution in [2.24, 2.45) is 0 Å². The van der Waals surface area contributed by atoms with Gasteiger partial charge in [0.05, 0.1) is 12.7 Å². The average Bonchev–Trinajstić information content (AvgIpc) is 3.18. The highest BCUT2D eigenvalue weighted by molar-refractivity contribution is 6.02. The van der Waals surface area contributed by atoms with Crippen LogP contribution in [0.1, 0.15) is 38.8 Å². The van der Waals surface area contributed by atoms with Crippen LogP contribution in [0.25, 0.3) is 0 Å². The quantitative estimate of drug-likeness (QED) is 0.442. The molecule has 3 N–H and O–H groups in total. The maximum Gasteiger partial charge on any atom is 0.294 e. The van der Waals surface area contributed by atoms with Crippen LogP contribution in [0.4, 0.5) is 13.2 Å². The Hall–Kier alpha value is -4.13. The normalized spacial score (nSPS) is 18.9. The van der Waals surface area contributed by atoms with Gasteiger partial charge in [-0.05, 0) is 17.7 Å². The summed E-state index contributed by atoms with van der Waals surface area (Å²) in [6, 6.07) is 5.27. The first-order valence-corrected chi connectivity index (χ1v) is 10.3. The number of halogens is 3. The number of aromatic nitrogens is 4. The Bertz CT molecular complexity index is 1330. The number of aromatic amines is 1. The summed E-state index contributed by atoms with van der Waals surface area (Å²) in [6.45, 7) is -0.945. The summed E-state index contributed by atoms with van der Waals surface area (Å²) < 4.78 is 41.8. The number of benzene rings is 1. The number of rotatable bonds is 6. The smallest absolute Gasteiger partial charge is 0.294 e. The van der Waals surface area contributed by atoms with Crippen LogP contribution < -0.4 is 10.9 Å². The molecule has 10 nitrogen and oxygen atoms in total. The molecule has 0 aliphatic carbocycles. The van der Waals surface area contributed by atoms with Crippen LogP contribution in [0.3, 0.4) is 0 Å². The van der Waals surface area contributed by atoms with Crippen LogP contribution in [-0.4, -0.2) is 61.1 Å². The van der Waals surface area contributed by atoms with E-state index in [1.54, 1.807) is 0 Å². The molecule has 1 amide bonds. The second-order valence-corrected chi connectivity index (χ2v) is 8.11. The summed E-state index contributed by atoms with van der Waals surface area (Å²) in [5, 5.41) is 12.7. The number of Topliss-reactive ketones (excluding diaryl/α,β-unsaturated/α-hetero) is 1. The summed E-state index contributed by atoms with van der Waals surface area (Å²) in [7, 11) is 1.34. The van der Waals surface area contributed by atoms with Gasteiger partial charge in [-0.25, -0.2) is 23.1 Å². The number of carbonyl (C=O) groups excluding carboxylic acids is 2. The van der Waals surface area contributed by atoms with Crippen LogP contribution in [0.2, 0.25) is 0 Å². The predicted molar refractivity (Wildman–Crippen MR) is 114 cm³/mol. The van der Waals surface area contributed by atoms with Crippen LogP contribution in [-0.2, 0) is 12.1 Å². The Morgan fingerprint density at radius 3 is 2.51 bits per heavy atom. The first-order valence-electron chi connectivity index (χ1n) is 10.3. The third-order valence-corrected chi connectivity index (χ3v) is 5.54. The molecule has 4 rings (SSSR count). The van der Waals surface area contributed by atoms with Gasteiger partial charge < -0.3 is 15.0 Å². The van der Waals surface area contributed by atoms with Crippen molar-refractivity contribution in [2.75, 3.05) is 13.6 Å². The molecule has 1 aromatic carbocycles. The lowest BCUT2D eigenvalue weighted by Crippen LogP contribution is -2.48. The molecule has 2 aromatic heterocycles. The Kier molecular flexibility index (Phi) is 6.11. The van der Waals surface area contributed by atoms with E-state index in [2.05, 4.69) is 25.3 Å². The molecule has 1 aliphatic rings. The van der Waals surface area contributed by atoms with Crippen molar-refractivity contribution in [1.82, 2.24) is 30.2 Å². The van der Waals surface area contributed by atoms with E-state index in [4.69, 9.17) is 0 Å².